The maximum atomic E-state index is 4.34. The molecule has 1 aromatic carbocycles. The Morgan fingerprint density at radius 3 is 2.67 bits per heavy atom. The molecule has 0 bridgehead atoms. The van der Waals surface area contributed by atoms with Gasteiger partial charge in [0.1, 0.15) is 0 Å². The fraction of sp³-hybridized carbons (Fsp3) is 0.364. The molecule has 0 aliphatic rings. The number of aliphatic imine (C=N–C) groups is 1. The normalized spacial score (nSPS) is 11.3. The van der Waals surface area contributed by atoms with Crippen LogP contribution in [0.5, 0.6) is 0 Å². The lowest BCUT2D eigenvalue weighted by Crippen LogP contribution is -1.85. The summed E-state index contributed by atoms with van der Waals surface area (Å²) in [5.74, 6) is 0.519. The van der Waals surface area contributed by atoms with Crippen LogP contribution in [-0.4, -0.2) is 6.21 Å². The van der Waals surface area contributed by atoms with Crippen LogP contribution in [0.25, 0.3) is 0 Å². The van der Waals surface area contributed by atoms with Gasteiger partial charge >= 0.3 is 0 Å². The van der Waals surface area contributed by atoms with Crippen LogP contribution in [0.4, 0.5) is 5.69 Å². The maximum absolute atomic E-state index is 4.34. The van der Waals surface area contributed by atoms with Gasteiger partial charge in [-0.15, -0.1) is 0 Å². The summed E-state index contributed by atoms with van der Waals surface area (Å²) in [6.07, 6.45) is 1.97. The maximum Gasteiger partial charge on any atom is 0.0628 e. The molecule has 0 aliphatic heterocycles. The molecule has 0 heterocycles. The van der Waals surface area contributed by atoms with E-state index in [1.54, 1.807) is 0 Å². The van der Waals surface area contributed by atoms with Crippen molar-refractivity contribution < 1.29 is 0 Å². The van der Waals surface area contributed by atoms with Crippen molar-refractivity contribution in [3.63, 3.8) is 0 Å². The van der Waals surface area contributed by atoms with Crippen molar-refractivity contribution in [2.75, 3.05) is 0 Å². The number of hydrogen-bond acceptors (Lipinski definition) is 1. The third-order valence-electron chi connectivity index (χ3n) is 1.52. The summed E-state index contributed by atoms with van der Waals surface area (Å²) in [6, 6.07) is 8.21. The molecule has 1 aromatic rings. The van der Waals surface area contributed by atoms with E-state index in [0.717, 1.165) is 5.69 Å². The SMILES string of the molecule is Cc1cccc(N=CC(C)C)c1. The number of rotatable bonds is 2. The highest BCUT2D eigenvalue weighted by molar-refractivity contribution is 5.65. The van der Waals surface area contributed by atoms with Crippen LogP contribution in [0.2, 0.25) is 0 Å². The van der Waals surface area contributed by atoms with Crippen LogP contribution in [0.3, 0.4) is 0 Å². The molecule has 12 heavy (non-hydrogen) atoms. The van der Waals surface area contributed by atoms with Crippen LogP contribution in [0.15, 0.2) is 29.3 Å². The Bertz CT molecular complexity index is 274. The third-order valence-corrected chi connectivity index (χ3v) is 1.52. The van der Waals surface area contributed by atoms with E-state index in [1.807, 2.05) is 18.3 Å². The summed E-state index contributed by atoms with van der Waals surface area (Å²) in [5, 5.41) is 0. The average molecular weight is 161 g/mol. The van der Waals surface area contributed by atoms with Gasteiger partial charge < -0.3 is 0 Å². The highest BCUT2D eigenvalue weighted by Gasteiger charge is 1.89. The van der Waals surface area contributed by atoms with Crippen LogP contribution >= 0.6 is 0 Å². The van der Waals surface area contributed by atoms with Gasteiger partial charge in [0, 0.05) is 6.21 Å². The Kier molecular flexibility index (Phi) is 3.03. The Hall–Kier alpha value is -1.11. The van der Waals surface area contributed by atoms with Gasteiger partial charge in [0.05, 0.1) is 5.69 Å². The molecular weight excluding hydrogens is 146 g/mol. The molecule has 1 nitrogen and oxygen atoms in total. The molecule has 0 radical (unpaired) electrons. The Morgan fingerprint density at radius 2 is 2.08 bits per heavy atom. The van der Waals surface area contributed by atoms with E-state index in [4.69, 9.17) is 0 Å². The van der Waals surface area contributed by atoms with Crippen molar-refractivity contribution in [3.05, 3.63) is 29.8 Å². The predicted octanol–water partition coefficient (Wildman–Crippen LogP) is 3.35. The van der Waals surface area contributed by atoms with Gasteiger partial charge in [0.25, 0.3) is 0 Å². The second-order valence-electron chi connectivity index (χ2n) is 3.36. The molecule has 64 valence electrons. The second-order valence-corrected chi connectivity index (χ2v) is 3.36. The molecule has 1 rings (SSSR count). The average Bonchev–Trinajstić information content (AvgIpc) is 2.01. The highest BCUT2D eigenvalue weighted by atomic mass is 14.7. The topological polar surface area (TPSA) is 12.4 Å². The van der Waals surface area contributed by atoms with E-state index in [1.165, 1.54) is 5.56 Å². The van der Waals surface area contributed by atoms with Crippen LogP contribution < -0.4 is 0 Å². The first-order valence-corrected chi connectivity index (χ1v) is 4.29. The third kappa shape index (κ3) is 2.87. The fourth-order valence-electron chi connectivity index (χ4n) is 0.943. The van der Waals surface area contributed by atoms with E-state index < -0.39 is 0 Å². The molecule has 0 atom stereocenters. The Morgan fingerprint density at radius 1 is 1.33 bits per heavy atom. The molecule has 0 aromatic heterocycles. The van der Waals surface area contributed by atoms with Crippen molar-refractivity contribution in [3.8, 4) is 0 Å². The monoisotopic (exact) mass is 161 g/mol. The molecule has 0 fully saturated rings. The lowest BCUT2D eigenvalue weighted by atomic mass is 10.2. The molecule has 0 spiro atoms. The largest absolute Gasteiger partial charge is 0.261 e. The molecule has 0 unspecified atom stereocenters. The Labute approximate surface area is 74.2 Å². The van der Waals surface area contributed by atoms with Crippen molar-refractivity contribution in [1.29, 1.82) is 0 Å². The van der Waals surface area contributed by atoms with Gasteiger partial charge in [-0.2, -0.15) is 0 Å². The van der Waals surface area contributed by atoms with E-state index in [2.05, 4.69) is 37.9 Å². The quantitative estimate of drug-likeness (QED) is 0.590. The first-order chi connectivity index (χ1) is 5.68. The second kappa shape index (κ2) is 4.05. The lowest BCUT2D eigenvalue weighted by Gasteiger charge is -1.96. The minimum Gasteiger partial charge on any atom is -0.261 e. The number of hydrogen-bond donors (Lipinski definition) is 0. The van der Waals surface area contributed by atoms with E-state index in [9.17, 15) is 0 Å². The van der Waals surface area contributed by atoms with Crippen molar-refractivity contribution in [1.82, 2.24) is 0 Å². The first-order valence-electron chi connectivity index (χ1n) is 4.29. The summed E-state index contributed by atoms with van der Waals surface area (Å²) in [4.78, 5) is 4.34. The van der Waals surface area contributed by atoms with Crippen LogP contribution in [-0.2, 0) is 0 Å². The van der Waals surface area contributed by atoms with Gasteiger partial charge in [0.15, 0.2) is 0 Å². The number of aryl methyl sites for hydroxylation is 1. The number of nitrogens with zero attached hydrogens (tertiary/aromatic N) is 1. The van der Waals surface area contributed by atoms with Crippen LogP contribution in [0.1, 0.15) is 19.4 Å². The van der Waals surface area contributed by atoms with Gasteiger partial charge in [0.2, 0.25) is 0 Å². The minimum atomic E-state index is 0.519. The smallest absolute Gasteiger partial charge is 0.0628 e. The fourth-order valence-corrected chi connectivity index (χ4v) is 0.943. The Balaban J connectivity index is 2.76. The summed E-state index contributed by atoms with van der Waals surface area (Å²) >= 11 is 0. The predicted molar refractivity (Wildman–Crippen MR) is 54.2 cm³/mol. The van der Waals surface area contributed by atoms with Gasteiger partial charge in [-0.05, 0) is 30.5 Å². The zero-order valence-electron chi connectivity index (χ0n) is 7.91. The zero-order chi connectivity index (χ0) is 8.97. The van der Waals surface area contributed by atoms with Crippen LogP contribution in [0, 0.1) is 12.8 Å². The molecule has 0 saturated carbocycles. The molecule has 1 heteroatoms. The van der Waals surface area contributed by atoms with Gasteiger partial charge in [-0.3, -0.25) is 4.99 Å². The summed E-state index contributed by atoms with van der Waals surface area (Å²) in [6.45, 7) is 6.33. The summed E-state index contributed by atoms with van der Waals surface area (Å²) in [7, 11) is 0. The molecule has 0 aliphatic carbocycles. The summed E-state index contributed by atoms with van der Waals surface area (Å²) in [5.41, 5.74) is 2.30. The minimum absolute atomic E-state index is 0.519. The van der Waals surface area contributed by atoms with E-state index in [0.29, 0.717) is 5.92 Å². The molecule has 0 N–H and O–H groups in total. The van der Waals surface area contributed by atoms with E-state index >= 15 is 0 Å². The van der Waals surface area contributed by atoms with E-state index in [-0.39, 0.29) is 0 Å². The highest BCUT2D eigenvalue weighted by Crippen LogP contribution is 2.12. The summed E-state index contributed by atoms with van der Waals surface area (Å²) < 4.78 is 0. The lowest BCUT2D eigenvalue weighted by molar-refractivity contribution is 0.907. The first kappa shape index (κ1) is 8.98. The van der Waals surface area contributed by atoms with Crippen molar-refractivity contribution in [2.24, 2.45) is 10.9 Å². The van der Waals surface area contributed by atoms with Gasteiger partial charge in [-0.25, -0.2) is 0 Å². The molecule has 0 amide bonds. The molecule has 0 saturated heterocycles. The zero-order valence-corrected chi connectivity index (χ0v) is 7.91. The molecular formula is C11H15N. The van der Waals surface area contributed by atoms with Gasteiger partial charge in [-0.1, -0.05) is 26.0 Å². The number of benzene rings is 1. The van der Waals surface area contributed by atoms with Crippen molar-refractivity contribution >= 4 is 11.9 Å². The van der Waals surface area contributed by atoms with Crippen molar-refractivity contribution in [2.45, 2.75) is 20.8 Å². The standard InChI is InChI=1S/C11H15N/c1-9(2)8-12-11-6-4-5-10(3)7-11/h4-9H,1-3H3.